The maximum absolute atomic E-state index is 12.8. The highest BCUT2D eigenvalue weighted by atomic mass is 32.1. The molecule has 0 radical (unpaired) electrons. The molecule has 0 bridgehead atoms. The number of carbonyl (C=O) groups excluding carboxylic acids is 1. The molecule has 0 saturated carbocycles. The van der Waals surface area contributed by atoms with Crippen LogP contribution in [0.2, 0.25) is 0 Å². The fourth-order valence-electron chi connectivity index (χ4n) is 2.01. The molecule has 0 aromatic heterocycles. The zero-order valence-corrected chi connectivity index (χ0v) is 11.7. The second kappa shape index (κ2) is 6.25. The van der Waals surface area contributed by atoms with Crippen molar-refractivity contribution in [2.45, 2.75) is 13.0 Å². The number of nitrogens with one attached hydrogen (secondary N) is 1. The predicted octanol–water partition coefficient (Wildman–Crippen LogP) is 2.06. The summed E-state index contributed by atoms with van der Waals surface area (Å²) in [5, 5.41) is 2.92. The summed E-state index contributed by atoms with van der Waals surface area (Å²) in [6.45, 7) is 4.76. The summed E-state index contributed by atoms with van der Waals surface area (Å²) in [6, 6.07) is 5.95. The first-order valence-corrected chi connectivity index (χ1v) is 6.71. The first-order valence-electron chi connectivity index (χ1n) is 6.31. The standard InChI is InChI=1S/C13H18FN3OS/c1-10(11-2-4-12(14)5-3-11)15-13(18)16-6-8-17(19)9-7-16/h2-5,10,19H,6-9H2,1H3,(H,15,18). The van der Waals surface area contributed by atoms with Crippen LogP contribution in [0.3, 0.4) is 0 Å². The van der Waals surface area contributed by atoms with Gasteiger partial charge in [-0.25, -0.2) is 13.5 Å². The summed E-state index contributed by atoms with van der Waals surface area (Å²) in [6.07, 6.45) is 0. The second-order valence-corrected chi connectivity index (χ2v) is 5.23. The molecule has 1 saturated heterocycles. The van der Waals surface area contributed by atoms with Gasteiger partial charge in [0.1, 0.15) is 5.82 Å². The molecule has 1 fully saturated rings. The summed E-state index contributed by atoms with van der Waals surface area (Å²) in [5.41, 5.74) is 0.891. The fraction of sp³-hybridized carbons (Fsp3) is 0.462. The quantitative estimate of drug-likeness (QED) is 0.815. The molecular weight excluding hydrogens is 265 g/mol. The van der Waals surface area contributed by atoms with Crippen molar-refractivity contribution in [1.29, 1.82) is 0 Å². The van der Waals surface area contributed by atoms with Crippen molar-refractivity contribution in [2.24, 2.45) is 0 Å². The Labute approximate surface area is 118 Å². The van der Waals surface area contributed by atoms with Gasteiger partial charge in [-0.1, -0.05) is 24.9 Å². The number of thiol groups is 1. The molecule has 1 heterocycles. The van der Waals surface area contributed by atoms with E-state index in [1.165, 1.54) is 12.1 Å². The summed E-state index contributed by atoms with van der Waals surface area (Å²) >= 11 is 4.25. The monoisotopic (exact) mass is 283 g/mol. The molecule has 0 spiro atoms. The predicted molar refractivity (Wildman–Crippen MR) is 75.5 cm³/mol. The highest BCUT2D eigenvalue weighted by Gasteiger charge is 2.20. The van der Waals surface area contributed by atoms with Crippen molar-refractivity contribution in [2.75, 3.05) is 26.2 Å². The van der Waals surface area contributed by atoms with E-state index in [9.17, 15) is 9.18 Å². The van der Waals surface area contributed by atoms with E-state index in [0.717, 1.165) is 18.7 Å². The fourth-order valence-corrected chi connectivity index (χ4v) is 2.19. The van der Waals surface area contributed by atoms with Crippen LogP contribution in [0.1, 0.15) is 18.5 Å². The topological polar surface area (TPSA) is 35.6 Å². The first kappa shape index (κ1) is 14.1. The average molecular weight is 283 g/mol. The molecule has 1 N–H and O–H groups in total. The van der Waals surface area contributed by atoms with E-state index in [0.29, 0.717) is 13.1 Å². The third kappa shape index (κ3) is 3.84. The van der Waals surface area contributed by atoms with Gasteiger partial charge in [-0.05, 0) is 24.6 Å². The molecule has 1 unspecified atom stereocenters. The van der Waals surface area contributed by atoms with Gasteiger partial charge in [0.25, 0.3) is 0 Å². The Morgan fingerprint density at radius 2 is 1.84 bits per heavy atom. The second-order valence-electron chi connectivity index (χ2n) is 4.66. The number of benzene rings is 1. The Morgan fingerprint density at radius 3 is 2.42 bits per heavy atom. The van der Waals surface area contributed by atoms with E-state index < -0.39 is 0 Å². The molecule has 4 nitrogen and oxygen atoms in total. The molecular formula is C13H18FN3OS. The van der Waals surface area contributed by atoms with Crippen LogP contribution in [0.25, 0.3) is 0 Å². The normalized spacial score (nSPS) is 18.2. The molecule has 19 heavy (non-hydrogen) atoms. The van der Waals surface area contributed by atoms with Gasteiger partial charge < -0.3 is 10.2 Å². The molecule has 1 aliphatic rings. The van der Waals surface area contributed by atoms with E-state index >= 15 is 0 Å². The van der Waals surface area contributed by atoms with Gasteiger partial charge in [-0.3, -0.25) is 0 Å². The third-order valence-corrected chi connectivity index (χ3v) is 3.65. The van der Waals surface area contributed by atoms with Crippen LogP contribution in [0.5, 0.6) is 0 Å². The summed E-state index contributed by atoms with van der Waals surface area (Å²) < 4.78 is 14.7. The van der Waals surface area contributed by atoms with E-state index in [-0.39, 0.29) is 17.9 Å². The number of hydrogen-bond donors (Lipinski definition) is 2. The minimum Gasteiger partial charge on any atom is -0.331 e. The molecule has 6 heteroatoms. The van der Waals surface area contributed by atoms with Crippen LogP contribution in [0.4, 0.5) is 9.18 Å². The number of hydrogen-bond acceptors (Lipinski definition) is 3. The number of amides is 2. The van der Waals surface area contributed by atoms with Crippen molar-refractivity contribution in [1.82, 2.24) is 14.5 Å². The van der Waals surface area contributed by atoms with Crippen LogP contribution in [-0.4, -0.2) is 41.4 Å². The van der Waals surface area contributed by atoms with E-state index in [1.807, 2.05) is 11.2 Å². The van der Waals surface area contributed by atoms with Gasteiger partial charge in [0.05, 0.1) is 6.04 Å². The number of nitrogens with zero attached hydrogens (tertiary/aromatic N) is 2. The van der Waals surface area contributed by atoms with E-state index in [2.05, 4.69) is 18.1 Å². The van der Waals surface area contributed by atoms with Crippen molar-refractivity contribution >= 4 is 18.8 Å². The molecule has 1 aliphatic heterocycles. The Bertz CT molecular complexity index is 432. The summed E-state index contributed by atoms with van der Waals surface area (Å²) in [4.78, 5) is 13.8. The average Bonchev–Trinajstić information content (AvgIpc) is 2.40. The molecule has 1 atom stereocenters. The van der Waals surface area contributed by atoms with Gasteiger partial charge in [0, 0.05) is 26.2 Å². The van der Waals surface area contributed by atoms with Crippen molar-refractivity contribution < 1.29 is 9.18 Å². The minimum absolute atomic E-state index is 0.0849. The van der Waals surface area contributed by atoms with E-state index in [4.69, 9.17) is 0 Å². The Kier molecular flexibility index (Phi) is 4.66. The zero-order chi connectivity index (χ0) is 13.8. The molecule has 2 amide bonds. The number of urea groups is 1. The lowest BCUT2D eigenvalue weighted by Gasteiger charge is -2.32. The van der Waals surface area contributed by atoms with Crippen molar-refractivity contribution in [3.05, 3.63) is 35.6 Å². The number of carbonyl (C=O) groups is 1. The largest absolute Gasteiger partial charge is 0.331 e. The van der Waals surface area contributed by atoms with Crippen molar-refractivity contribution in [3.63, 3.8) is 0 Å². The molecule has 104 valence electrons. The van der Waals surface area contributed by atoms with Crippen LogP contribution in [-0.2, 0) is 0 Å². The molecule has 1 aromatic carbocycles. The lowest BCUT2D eigenvalue weighted by atomic mass is 10.1. The molecule has 1 aromatic rings. The van der Waals surface area contributed by atoms with E-state index in [1.54, 1.807) is 17.0 Å². The number of piperazine rings is 1. The summed E-state index contributed by atoms with van der Waals surface area (Å²) in [7, 11) is 0. The maximum atomic E-state index is 12.8. The van der Waals surface area contributed by atoms with Gasteiger partial charge in [-0.15, -0.1) is 0 Å². The zero-order valence-electron chi connectivity index (χ0n) is 10.8. The summed E-state index contributed by atoms with van der Waals surface area (Å²) in [5.74, 6) is -0.271. The number of halogens is 1. The minimum atomic E-state index is -0.271. The van der Waals surface area contributed by atoms with Crippen molar-refractivity contribution in [3.8, 4) is 0 Å². The molecule has 0 aliphatic carbocycles. The van der Waals surface area contributed by atoms with Gasteiger partial charge >= 0.3 is 6.03 Å². The Hall–Kier alpha value is -1.27. The van der Waals surface area contributed by atoms with Crippen LogP contribution < -0.4 is 5.32 Å². The van der Waals surface area contributed by atoms with Crippen LogP contribution in [0.15, 0.2) is 24.3 Å². The highest BCUT2D eigenvalue weighted by molar-refractivity contribution is 7.77. The Balaban J connectivity index is 1.89. The smallest absolute Gasteiger partial charge is 0.317 e. The first-order chi connectivity index (χ1) is 9.06. The third-order valence-electron chi connectivity index (χ3n) is 3.25. The lowest BCUT2D eigenvalue weighted by molar-refractivity contribution is 0.173. The maximum Gasteiger partial charge on any atom is 0.317 e. The van der Waals surface area contributed by atoms with Gasteiger partial charge in [0.2, 0.25) is 0 Å². The van der Waals surface area contributed by atoms with Gasteiger partial charge in [0.15, 0.2) is 0 Å². The lowest BCUT2D eigenvalue weighted by Crippen LogP contribution is -2.49. The van der Waals surface area contributed by atoms with Gasteiger partial charge in [-0.2, -0.15) is 0 Å². The highest BCUT2D eigenvalue weighted by Crippen LogP contribution is 2.13. The number of rotatable bonds is 2. The SMILES string of the molecule is CC(NC(=O)N1CCN(S)CC1)c1ccc(F)cc1. The molecule has 2 rings (SSSR count). The Morgan fingerprint density at radius 1 is 1.26 bits per heavy atom. The van der Waals surface area contributed by atoms with Crippen LogP contribution >= 0.6 is 12.8 Å². The van der Waals surface area contributed by atoms with Crippen LogP contribution in [0, 0.1) is 5.82 Å².